The minimum absolute atomic E-state index is 0.0303. The Balaban J connectivity index is 1.75. The first kappa shape index (κ1) is 26.7. The molecule has 1 fully saturated rings. The van der Waals surface area contributed by atoms with E-state index in [0.29, 0.717) is 55.9 Å². The van der Waals surface area contributed by atoms with Crippen LogP contribution < -0.4 is 16.0 Å². The summed E-state index contributed by atoms with van der Waals surface area (Å²) in [6.45, 7) is 5.49. The molecule has 3 aromatic rings. The second kappa shape index (κ2) is 11.3. The SMILES string of the molecule is CCN(CC)c1onc(-c2c(F)cccc2Cl)c1C1(C(N)=O)CCCC(CNC(=O)c2ccccc2)C1. The van der Waals surface area contributed by atoms with E-state index in [0.717, 1.165) is 6.42 Å². The van der Waals surface area contributed by atoms with Gasteiger partial charge in [-0.15, -0.1) is 0 Å². The van der Waals surface area contributed by atoms with Gasteiger partial charge in [0.25, 0.3) is 5.91 Å². The number of benzene rings is 2. The first-order chi connectivity index (χ1) is 17.8. The second-order valence-corrected chi connectivity index (χ2v) is 9.87. The van der Waals surface area contributed by atoms with E-state index in [2.05, 4.69) is 10.5 Å². The van der Waals surface area contributed by atoms with Crippen LogP contribution in [-0.2, 0) is 10.2 Å². The molecule has 0 spiro atoms. The normalized spacial score (nSPS) is 19.4. The highest BCUT2D eigenvalue weighted by molar-refractivity contribution is 6.33. The minimum Gasteiger partial charge on any atom is -0.369 e. The number of amides is 2. The molecule has 2 amide bonds. The number of hydrogen-bond donors (Lipinski definition) is 2. The number of hydrogen-bond acceptors (Lipinski definition) is 5. The molecule has 1 aliphatic carbocycles. The third-order valence-electron chi connectivity index (χ3n) is 7.31. The Labute approximate surface area is 221 Å². The number of nitrogens with zero attached hydrogens (tertiary/aromatic N) is 2. The molecule has 1 aromatic heterocycles. The molecule has 9 heteroatoms. The quantitative estimate of drug-likeness (QED) is 0.393. The van der Waals surface area contributed by atoms with Crippen molar-refractivity contribution in [1.82, 2.24) is 10.5 Å². The number of carbonyl (C=O) groups excluding carboxylic acids is 2. The standard InChI is InChI=1S/C28H32ClFN4O3/c1-3-34(4-2)26-23(24(33-37-26)22-20(29)13-8-14-21(22)30)28(27(31)36)15-9-10-18(16-28)17-32-25(35)19-11-6-5-7-12-19/h5-8,11-14,18H,3-4,9-10,15-17H2,1-2H3,(H2,31,36)(H,32,35). The van der Waals surface area contributed by atoms with Crippen LogP contribution in [-0.4, -0.2) is 36.6 Å². The van der Waals surface area contributed by atoms with Crippen molar-refractivity contribution >= 4 is 29.3 Å². The van der Waals surface area contributed by atoms with Crippen molar-refractivity contribution in [2.45, 2.75) is 44.9 Å². The molecule has 0 saturated heterocycles. The largest absolute Gasteiger partial charge is 0.369 e. The molecule has 7 nitrogen and oxygen atoms in total. The molecule has 0 bridgehead atoms. The summed E-state index contributed by atoms with van der Waals surface area (Å²) in [6, 6.07) is 13.4. The number of anilines is 1. The van der Waals surface area contributed by atoms with Gasteiger partial charge in [0, 0.05) is 25.2 Å². The predicted octanol–water partition coefficient (Wildman–Crippen LogP) is 5.32. The fourth-order valence-electron chi connectivity index (χ4n) is 5.40. The Kier molecular flexibility index (Phi) is 8.17. The molecule has 0 radical (unpaired) electrons. The Hall–Kier alpha value is -3.39. The van der Waals surface area contributed by atoms with Crippen molar-refractivity contribution in [1.29, 1.82) is 0 Å². The first-order valence-electron chi connectivity index (χ1n) is 12.6. The van der Waals surface area contributed by atoms with E-state index >= 15 is 4.39 Å². The highest BCUT2D eigenvalue weighted by Gasteiger charge is 2.49. The Morgan fingerprint density at radius 3 is 2.57 bits per heavy atom. The van der Waals surface area contributed by atoms with Crippen molar-refractivity contribution in [3.63, 3.8) is 0 Å². The average Bonchev–Trinajstić information content (AvgIpc) is 3.33. The van der Waals surface area contributed by atoms with Crippen molar-refractivity contribution in [2.75, 3.05) is 24.5 Å². The van der Waals surface area contributed by atoms with Crippen LogP contribution in [0.4, 0.5) is 10.3 Å². The van der Waals surface area contributed by atoms with Crippen LogP contribution in [0, 0.1) is 11.7 Å². The smallest absolute Gasteiger partial charge is 0.251 e. The van der Waals surface area contributed by atoms with Gasteiger partial charge in [0.15, 0.2) is 0 Å². The van der Waals surface area contributed by atoms with E-state index < -0.39 is 17.1 Å². The summed E-state index contributed by atoms with van der Waals surface area (Å²) in [5.74, 6) is -0.903. The van der Waals surface area contributed by atoms with Gasteiger partial charge in [-0.1, -0.05) is 47.4 Å². The number of primary amides is 1. The molecule has 2 unspecified atom stereocenters. The summed E-state index contributed by atoms with van der Waals surface area (Å²) in [7, 11) is 0. The molecule has 1 saturated carbocycles. The topological polar surface area (TPSA) is 101 Å². The molecule has 196 valence electrons. The lowest BCUT2D eigenvalue weighted by Crippen LogP contribution is -2.47. The summed E-state index contributed by atoms with van der Waals surface area (Å²) in [5, 5.41) is 7.41. The molecule has 0 aliphatic heterocycles. The van der Waals surface area contributed by atoms with E-state index in [1.54, 1.807) is 18.2 Å². The third-order valence-corrected chi connectivity index (χ3v) is 7.63. The van der Waals surface area contributed by atoms with E-state index in [-0.39, 0.29) is 28.1 Å². The van der Waals surface area contributed by atoms with Crippen molar-refractivity contribution in [2.24, 2.45) is 11.7 Å². The number of halogens is 2. The summed E-state index contributed by atoms with van der Waals surface area (Å²) in [5.41, 5.74) is 6.28. The van der Waals surface area contributed by atoms with Gasteiger partial charge < -0.3 is 20.5 Å². The van der Waals surface area contributed by atoms with Gasteiger partial charge in [0.05, 0.1) is 21.6 Å². The van der Waals surface area contributed by atoms with Crippen LogP contribution >= 0.6 is 11.6 Å². The summed E-state index contributed by atoms with van der Waals surface area (Å²) in [4.78, 5) is 27.9. The fourth-order valence-corrected chi connectivity index (χ4v) is 5.65. The zero-order valence-corrected chi connectivity index (χ0v) is 21.9. The van der Waals surface area contributed by atoms with Gasteiger partial charge in [0.2, 0.25) is 11.8 Å². The van der Waals surface area contributed by atoms with Crippen molar-refractivity contribution in [3.8, 4) is 11.3 Å². The number of rotatable bonds is 9. The lowest BCUT2D eigenvalue weighted by molar-refractivity contribution is -0.125. The molecule has 4 rings (SSSR count). The first-order valence-corrected chi connectivity index (χ1v) is 13.0. The van der Waals surface area contributed by atoms with Crippen LogP contribution in [0.2, 0.25) is 5.02 Å². The molecule has 1 heterocycles. The summed E-state index contributed by atoms with van der Waals surface area (Å²) in [6.07, 6.45) is 2.33. The highest BCUT2D eigenvalue weighted by atomic mass is 35.5. The maximum atomic E-state index is 15.1. The third kappa shape index (κ3) is 5.21. The molecule has 37 heavy (non-hydrogen) atoms. The van der Waals surface area contributed by atoms with E-state index in [1.165, 1.54) is 12.1 Å². The van der Waals surface area contributed by atoms with E-state index in [4.69, 9.17) is 21.9 Å². The highest BCUT2D eigenvalue weighted by Crippen LogP contribution is 2.50. The molecule has 2 aromatic carbocycles. The second-order valence-electron chi connectivity index (χ2n) is 9.47. The Morgan fingerprint density at radius 2 is 1.92 bits per heavy atom. The number of carbonyl (C=O) groups is 2. The molecular weight excluding hydrogens is 495 g/mol. The maximum Gasteiger partial charge on any atom is 0.251 e. The van der Waals surface area contributed by atoms with E-state index in [9.17, 15) is 9.59 Å². The minimum atomic E-state index is -1.17. The number of nitrogens with two attached hydrogens (primary N) is 1. The Morgan fingerprint density at radius 1 is 1.19 bits per heavy atom. The van der Waals surface area contributed by atoms with Crippen LogP contribution in [0.25, 0.3) is 11.3 Å². The summed E-state index contributed by atoms with van der Waals surface area (Å²) < 4.78 is 20.9. The monoisotopic (exact) mass is 526 g/mol. The summed E-state index contributed by atoms with van der Waals surface area (Å²) >= 11 is 6.43. The maximum absolute atomic E-state index is 15.1. The van der Waals surface area contributed by atoms with Crippen LogP contribution in [0.3, 0.4) is 0 Å². The lowest BCUT2D eigenvalue weighted by atomic mass is 9.64. The van der Waals surface area contributed by atoms with Gasteiger partial charge >= 0.3 is 0 Å². The van der Waals surface area contributed by atoms with Crippen molar-refractivity contribution < 1.29 is 18.5 Å². The fraction of sp³-hybridized carbons (Fsp3) is 0.393. The lowest BCUT2D eigenvalue weighted by Gasteiger charge is -2.39. The Bertz CT molecular complexity index is 1240. The zero-order chi connectivity index (χ0) is 26.6. The molecular formula is C28H32ClFN4O3. The average molecular weight is 527 g/mol. The molecule has 2 atom stereocenters. The van der Waals surface area contributed by atoms with Gasteiger partial charge in [-0.2, -0.15) is 0 Å². The number of aromatic nitrogens is 1. The van der Waals surface area contributed by atoms with Crippen molar-refractivity contribution in [3.05, 3.63) is 70.5 Å². The molecule has 1 aliphatic rings. The van der Waals surface area contributed by atoms with Gasteiger partial charge in [0.1, 0.15) is 11.5 Å². The van der Waals surface area contributed by atoms with Gasteiger partial charge in [-0.3, -0.25) is 9.59 Å². The van der Waals surface area contributed by atoms with Crippen LogP contribution in [0.5, 0.6) is 0 Å². The van der Waals surface area contributed by atoms with Gasteiger partial charge in [-0.25, -0.2) is 4.39 Å². The predicted molar refractivity (Wildman–Crippen MR) is 142 cm³/mol. The molecule has 3 N–H and O–H groups in total. The number of nitrogens with one attached hydrogen (secondary N) is 1. The van der Waals surface area contributed by atoms with Gasteiger partial charge in [-0.05, 0) is 63.3 Å². The van der Waals surface area contributed by atoms with E-state index in [1.807, 2.05) is 36.9 Å². The van der Waals surface area contributed by atoms with Crippen LogP contribution in [0.1, 0.15) is 55.5 Å². The van der Waals surface area contributed by atoms with Crippen LogP contribution in [0.15, 0.2) is 53.1 Å². The zero-order valence-electron chi connectivity index (χ0n) is 21.1.